The van der Waals surface area contributed by atoms with Crippen LogP contribution < -0.4 is 5.73 Å². The van der Waals surface area contributed by atoms with Crippen LogP contribution in [0.25, 0.3) is 0 Å². The van der Waals surface area contributed by atoms with E-state index < -0.39 is 12.8 Å². The van der Waals surface area contributed by atoms with Crippen molar-refractivity contribution in [2.45, 2.75) is 19.5 Å². The fourth-order valence-electron chi connectivity index (χ4n) is 1.38. The second-order valence-corrected chi connectivity index (χ2v) is 4.21. The predicted molar refractivity (Wildman–Crippen MR) is 61.6 cm³/mol. The maximum Gasteiger partial charge on any atom is 0.411 e. The molecule has 0 aliphatic heterocycles. The normalized spacial score (nSPS) is 15.1. The van der Waals surface area contributed by atoms with Gasteiger partial charge in [-0.2, -0.15) is 13.2 Å². The van der Waals surface area contributed by atoms with Crippen LogP contribution in [-0.2, 0) is 4.74 Å². The minimum atomic E-state index is -4.27. The molecular weight excluding hydrogens is 251 g/mol. The quantitative estimate of drug-likeness (QED) is 0.229. The molecule has 18 heavy (non-hydrogen) atoms. The first kappa shape index (κ1) is 17.0. The van der Waals surface area contributed by atoms with Crippen molar-refractivity contribution in [3.8, 4) is 0 Å². The first-order chi connectivity index (χ1) is 8.26. The average Bonchev–Trinajstić information content (AvgIpc) is 2.25. The van der Waals surface area contributed by atoms with Gasteiger partial charge >= 0.3 is 6.18 Å². The first-order valence-electron chi connectivity index (χ1n) is 5.56. The molecule has 0 spiro atoms. The van der Waals surface area contributed by atoms with Gasteiger partial charge in [0.25, 0.3) is 0 Å². The van der Waals surface area contributed by atoms with E-state index >= 15 is 0 Å². The van der Waals surface area contributed by atoms with Crippen molar-refractivity contribution in [2.75, 3.05) is 33.4 Å². The lowest BCUT2D eigenvalue weighted by molar-refractivity contribution is -0.174. The van der Waals surface area contributed by atoms with E-state index in [0.29, 0.717) is 19.5 Å². The molecule has 5 nitrogen and oxygen atoms in total. The molecule has 0 rings (SSSR count). The molecule has 3 N–H and O–H groups in total. The van der Waals surface area contributed by atoms with E-state index in [2.05, 4.69) is 9.89 Å². The van der Waals surface area contributed by atoms with E-state index in [1.165, 1.54) is 0 Å². The molecule has 0 aromatic rings. The van der Waals surface area contributed by atoms with Gasteiger partial charge in [0.05, 0.1) is 0 Å². The standard InChI is InChI=1S/C10H20F3N3O2/c1-8(9(14)15-17)6-16(2)4-3-5-18-7-10(11,12)13/h8,17H,3-7H2,1-2H3,(H2,14,15). The van der Waals surface area contributed by atoms with Crippen molar-refractivity contribution in [1.29, 1.82) is 0 Å². The number of halogens is 3. The summed E-state index contributed by atoms with van der Waals surface area (Å²) in [7, 11) is 1.81. The maximum absolute atomic E-state index is 11.8. The number of ether oxygens (including phenoxy) is 1. The Kier molecular flexibility index (Phi) is 7.69. The van der Waals surface area contributed by atoms with Crippen LogP contribution in [0.1, 0.15) is 13.3 Å². The number of nitrogens with two attached hydrogens (primary N) is 1. The topological polar surface area (TPSA) is 71.1 Å². The van der Waals surface area contributed by atoms with Crippen LogP contribution >= 0.6 is 0 Å². The van der Waals surface area contributed by atoms with Gasteiger partial charge in [0.1, 0.15) is 12.4 Å². The molecule has 1 atom stereocenters. The van der Waals surface area contributed by atoms with Crippen molar-refractivity contribution in [3.63, 3.8) is 0 Å². The minimum Gasteiger partial charge on any atom is -0.409 e. The Hall–Kier alpha value is -1.02. The van der Waals surface area contributed by atoms with Crippen molar-refractivity contribution in [1.82, 2.24) is 4.90 Å². The summed E-state index contributed by atoms with van der Waals surface area (Å²) in [6.07, 6.45) is -3.78. The zero-order chi connectivity index (χ0) is 14.2. The number of alkyl halides is 3. The Labute approximate surface area is 104 Å². The zero-order valence-corrected chi connectivity index (χ0v) is 10.6. The Morgan fingerprint density at radius 3 is 2.61 bits per heavy atom. The van der Waals surface area contributed by atoms with Gasteiger partial charge in [0.15, 0.2) is 0 Å². The molecule has 108 valence electrons. The van der Waals surface area contributed by atoms with Gasteiger partial charge in [0.2, 0.25) is 0 Å². The van der Waals surface area contributed by atoms with Crippen molar-refractivity contribution < 1.29 is 23.1 Å². The number of hydrogen-bond acceptors (Lipinski definition) is 4. The third-order valence-electron chi connectivity index (χ3n) is 2.30. The van der Waals surface area contributed by atoms with Crippen LogP contribution in [0.15, 0.2) is 5.16 Å². The Morgan fingerprint density at radius 1 is 1.50 bits per heavy atom. The third-order valence-corrected chi connectivity index (χ3v) is 2.30. The SMILES string of the molecule is CC(CN(C)CCCOCC(F)(F)F)C(N)=NO. The maximum atomic E-state index is 11.8. The van der Waals surface area contributed by atoms with Gasteiger partial charge in [-0.15, -0.1) is 0 Å². The molecule has 0 fully saturated rings. The monoisotopic (exact) mass is 271 g/mol. The summed E-state index contributed by atoms with van der Waals surface area (Å²) >= 11 is 0. The second-order valence-electron chi connectivity index (χ2n) is 4.21. The first-order valence-corrected chi connectivity index (χ1v) is 5.56. The van der Waals surface area contributed by atoms with Crippen LogP contribution in [0.3, 0.4) is 0 Å². The van der Waals surface area contributed by atoms with E-state index in [-0.39, 0.29) is 18.4 Å². The van der Waals surface area contributed by atoms with Crippen LogP contribution in [0.2, 0.25) is 0 Å². The molecule has 0 aromatic heterocycles. The third kappa shape index (κ3) is 9.06. The number of nitrogens with zero attached hydrogens (tertiary/aromatic N) is 2. The summed E-state index contributed by atoms with van der Waals surface area (Å²) in [6.45, 7) is 1.79. The van der Waals surface area contributed by atoms with Gasteiger partial charge < -0.3 is 20.6 Å². The van der Waals surface area contributed by atoms with E-state index in [1.807, 2.05) is 11.9 Å². The molecule has 0 bridgehead atoms. The largest absolute Gasteiger partial charge is 0.411 e. The van der Waals surface area contributed by atoms with E-state index in [9.17, 15) is 13.2 Å². The highest BCUT2D eigenvalue weighted by Crippen LogP contribution is 2.14. The molecule has 0 saturated carbocycles. The van der Waals surface area contributed by atoms with Crippen LogP contribution in [0.5, 0.6) is 0 Å². The van der Waals surface area contributed by atoms with E-state index in [4.69, 9.17) is 10.9 Å². The molecule has 0 aliphatic carbocycles. The summed E-state index contributed by atoms with van der Waals surface area (Å²) in [5.74, 6) is 0.0197. The number of oxime groups is 1. The Balaban J connectivity index is 3.63. The Morgan fingerprint density at radius 2 is 2.11 bits per heavy atom. The minimum absolute atomic E-state index is 0.0573. The second kappa shape index (κ2) is 8.15. The van der Waals surface area contributed by atoms with Gasteiger partial charge in [0, 0.05) is 25.6 Å². The van der Waals surface area contributed by atoms with Crippen LogP contribution in [0, 0.1) is 5.92 Å². The van der Waals surface area contributed by atoms with Crippen LogP contribution in [0.4, 0.5) is 13.2 Å². The number of amidine groups is 1. The molecular formula is C10H20F3N3O2. The van der Waals surface area contributed by atoms with Crippen molar-refractivity contribution in [2.24, 2.45) is 16.8 Å². The Bertz CT molecular complexity index is 259. The number of hydrogen-bond donors (Lipinski definition) is 2. The lowest BCUT2D eigenvalue weighted by atomic mass is 10.1. The molecule has 0 heterocycles. The highest BCUT2D eigenvalue weighted by molar-refractivity contribution is 5.82. The zero-order valence-electron chi connectivity index (χ0n) is 10.6. The van der Waals surface area contributed by atoms with E-state index in [1.54, 1.807) is 6.92 Å². The van der Waals surface area contributed by atoms with Gasteiger partial charge in [-0.25, -0.2) is 0 Å². The lowest BCUT2D eigenvalue weighted by Crippen LogP contribution is -2.33. The molecule has 0 radical (unpaired) electrons. The highest BCUT2D eigenvalue weighted by atomic mass is 19.4. The summed E-state index contributed by atoms with van der Waals surface area (Å²) in [4.78, 5) is 1.89. The fourth-order valence-corrected chi connectivity index (χ4v) is 1.38. The van der Waals surface area contributed by atoms with Crippen molar-refractivity contribution in [3.05, 3.63) is 0 Å². The van der Waals surface area contributed by atoms with Gasteiger partial charge in [-0.3, -0.25) is 0 Å². The van der Waals surface area contributed by atoms with Gasteiger partial charge in [-0.1, -0.05) is 12.1 Å². The summed E-state index contributed by atoms with van der Waals surface area (Å²) in [5, 5.41) is 11.4. The molecule has 0 amide bonds. The smallest absolute Gasteiger partial charge is 0.409 e. The predicted octanol–water partition coefficient (Wildman–Crippen LogP) is 1.27. The fraction of sp³-hybridized carbons (Fsp3) is 0.900. The lowest BCUT2D eigenvalue weighted by Gasteiger charge is -2.20. The summed E-state index contributed by atoms with van der Waals surface area (Å²) < 4.78 is 39.7. The highest BCUT2D eigenvalue weighted by Gasteiger charge is 2.27. The average molecular weight is 271 g/mol. The summed E-state index contributed by atoms with van der Waals surface area (Å²) in [6, 6.07) is 0. The van der Waals surface area contributed by atoms with Gasteiger partial charge in [-0.05, 0) is 13.5 Å². The molecule has 0 aromatic carbocycles. The number of rotatable bonds is 8. The summed E-state index contributed by atoms with van der Waals surface area (Å²) in [5.41, 5.74) is 5.41. The van der Waals surface area contributed by atoms with Crippen LogP contribution in [-0.4, -0.2) is 55.5 Å². The van der Waals surface area contributed by atoms with E-state index in [0.717, 1.165) is 0 Å². The molecule has 8 heteroatoms. The molecule has 0 aliphatic rings. The molecule has 0 saturated heterocycles. The molecule has 1 unspecified atom stereocenters. The van der Waals surface area contributed by atoms with Crippen molar-refractivity contribution >= 4 is 5.84 Å².